The van der Waals surface area contributed by atoms with Gasteiger partial charge < -0.3 is 19.5 Å². The molecule has 4 rings (SSSR count). The van der Waals surface area contributed by atoms with Gasteiger partial charge in [0.2, 0.25) is 11.8 Å². The standard InChI is InChI=1S/C27H24FN3O5/c1-18-7-4-8-19(15-18)31(24(32)17-30-26(33)23-12-6-14-36-23)25(21-10-2-3-11-22(21)28)27(34)29-16-20-9-5-13-35-20/h2-15,25H,16-17H2,1H3,(H,29,34)(H,30,33)/t25-/m0/s1. The fourth-order valence-corrected chi connectivity index (χ4v) is 3.73. The molecular weight excluding hydrogens is 465 g/mol. The number of carbonyl (C=O) groups excluding carboxylic acids is 3. The van der Waals surface area contributed by atoms with Crippen LogP contribution < -0.4 is 15.5 Å². The molecule has 0 radical (unpaired) electrons. The predicted octanol–water partition coefficient (Wildman–Crippen LogP) is 4.14. The molecule has 2 N–H and O–H groups in total. The molecule has 0 saturated heterocycles. The topological polar surface area (TPSA) is 105 Å². The van der Waals surface area contributed by atoms with Gasteiger partial charge in [0, 0.05) is 11.3 Å². The van der Waals surface area contributed by atoms with Crippen molar-refractivity contribution < 1.29 is 27.6 Å². The third kappa shape index (κ3) is 5.69. The number of aryl methyl sites for hydroxylation is 1. The summed E-state index contributed by atoms with van der Waals surface area (Å²) < 4.78 is 25.4. The molecule has 1 atom stereocenters. The minimum atomic E-state index is -1.36. The molecule has 0 aliphatic carbocycles. The van der Waals surface area contributed by atoms with Crippen LogP contribution in [0.3, 0.4) is 0 Å². The van der Waals surface area contributed by atoms with Crippen LogP contribution in [0.2, 0.25) is 0 Å². The number of furan rings is 2. The Morgan fingerprint density at radius 1 is 0.917 bits per heavy atom. The largest absolute Gasteiger partial charge is 0.467 e. The fraction of sp³-hybridized carbons (Fsp3) is 0.148. The quantitative estimate of drug-likeness (QED) is 0.368. The highest BCUT2D eigenvalue weighted by Crippen LogP contribution is 2.30. The van der Waals surface area contributed by atoms with E-state index in [0.717, 1.165) is 5.56 Å². The van der Waals surface area contributed by atoms with Crippen LogP contribution in [0, 0.1) is 12.7 Å². The maximum absolute atomic E-state index is 15.0. The van der Waals surface area contributed by atoms with Gasteiger partial charge in [-0.05, 0) is 55.0 Å². The summed E-state index contributed by atoms with van der Waals surface area (Å²) in [5.74, 6) is -1.96. The Morgan fingerprint density at radius 2 is 1.69 bits per heavy atom. The Labute approximate surface area is 206 Å². The van der Waals surface area contributed by atoms with Crippen LogP contribution in [0.5, 0.6) is 0 Å². The van der Waals surface area contributed by atoms with Gasteiger partial charge in [-0.15, -0.1) is 0 Å². The SMILES string of the molecule is Cc1cccc(N(C(=O)CNC(=O)c2ccco2)[C@H](C(=O)NCc2ccco2)c2ccccc2F)c1. The lowest BCUT2D eigenvalue weighted by atomic mass is 10.0. The Kier molecular flexibility index (Phi) is 7.60. The van der Waals surface area contributed by atoms with Crippen molar-refractivity contribution in [3.05, 3.63) is 114 Å². The van der Waals surface area contributed by atoms with Gasteiger partial charge in [-0.25, -0.2) is 4.39 Å². The summed E-state index contributed by atoms with van der Waals surface area (Å²) in [6.45, 7) is 1.42. The number of halogens is 1. The van der Waals surface area contributed by atoms with Crippen LogP contribution in [0.15, 0.2) is 94.2 Å². The molecule has 3 amide bonds. The van der Waals surface area contributed by atoms with E-state index in [1.54, 1.807) is 42.5 Å². The number of amides is 3. The average molecular weight is 490 g/mol. The monoisotopic (exact) mass is 489 g/mol. The molecule has 0 unspecified atom stereocenters. The van der Waals surface area contributed by atoms with E-state index in [2.05, 4.69) is 10.6 Å². The molecule has 2 aromatic carbocycles. The summed E-state index contributed by atoms with van der Waals surface area (Å²) in [7, 11) is 0. The van der Waals surface area contributed by atoms with E-state index in [1.807, 2.05) is 13.0 Å². The first-order valence-corrected chi connectivity index (χ1v) is 11.2. The van der Waals surface area contributed by atoms with E-state index >= 15 is 4.39 Å². The van der Waals surface area contributed by atoms with Crippen LogP contribution in [0.4, 0.5) is 10.1 Å². The van der Waals surface area contributed by atoms with Crippen molar-refractivity contribution in [2.24, 2.45) is 0 Å². The minimum Gasteiger partial charge on any atom is -0.467 e. The summed E-state index contributed by atoms with van der Waals surface area (Å²) in [6, 6.07) is 17.7. The van der Waals surface area contributed by atoms with E-state index in [1.165, 1.54) is 41.7 Å². The number of benzene rings is 2. The molecule has 36 heavy (non-hydrogen) atoms. The first-order valence-electron chi connectivity index (χ1n) is 11.2. The molecule has 0 saturated carbocycles. The zero-order valence-corrected chi connectivity index (χ0v) is 19.4. The van der Waals surface area contributed by atoms with Crippen LogP contribution in [0.1, 0.15) is 33.5 Å². The van der Waals surface area contributed by atoms with Crippen molar-refractivity contribution in [1.29, 1.82) is 0 Å². The number of hydrogen-bond acceptors (Lipinski definition) is 5. The molecule has 0 fully saturated rings. The maximum Gasteiger partial charge on any atom is 0.287 e. The number of nitrogens with one attached hydrogen (secondary N) is 2. The molecule has 0 aliphatic rings. The smallest absolute Gasteiger partial charge is 0.287 e. The lowest BCUT2D eigenvalue weighted by Crippen LogP contribution is -2.47. The lowest BCUT2D eigenvalue weighted by molar-refractivity contribution is -0.126. The van der Waals surface area contributed by atoms with Crippen molar-refractivity contribution in [2.75, 3.05) is 11.4 Å². The van der Waals surface area contributed by atoms with Crippen LogP contribution in [-0.2, 0) is 16.1 Å². The lowest BCUT2D eigenvalue weighted by Gasteiger charge is -2.32. The van der Waals surface area contributed by atoms with Crippen LogP contribution >= 0.6 is 0 Å². The molecule has 0 aliphatic heterocycles. The van der Waals surface area contributed by atoms with Gasteiger partial charge in [-0.2, -0.15) is 0 Å². The van der Waals surface area contributed by atoms with E-state index in [-0.39, 0.29) is 17.9 Å². The normalized spacial score (nSPS) is 11.5. The Hall–Kier alpha value is -4.66. The summed E-state index contributed by atoms with van der Waals surface area (Å²) in [5, 5.41) is 5.22. The van der Waals surface area contributed by atoms with Gasteiger partial charge in [0.15, 0.2) is 5.76 Å². The van der Waals surface area contributed by atoms with Crippen molar-refractivity contribution >= 4 is 23.4 Å². The molecule has 184 valence electrons. The molecule has 2 heterocycles. The van der Waals surface area contributed by atoms with Crippen LogP contribution in [-0.4, -0.2) is 24.3 Å². The van der Waals surface area contributed by atoms with Gasteiger partial charge in [0.1, 0.15) is 17.6 Å². The molecule has 0 spiro atoms. The molecule has 8 nitrogen and oxygen atoms in total. The Bertz CT molecular complexity index is 1340. The number of rotatable bonds is 9. The molecule has 4 aromatic rings. The summed E-state index contributed by atoms with van der Waals surface area (Å²) in [5.41, 5.74) is 1.20. The molecular formula is C27H24FN3O5. The number of nitrogens with zero attached hydrogens (tertiary/aromatic N) is 1. The van der Waals surface area contributed by atoms with Crippen molar-refractivity contribution in [3.8, 4) is 0 Å². The van der Waals surface area contributed by atoms with E-state index in [9.17, 15) is 14.4 Å². The highest BCUT2D eigenvalue weighted by Gasteiger charge is 2.34. The summed E-state index contributed by atoms with van der Waals surface area (Å²) >= 11 is 0. The van der Waals surface area contributed by atoms with E-state index < -0.39 is 36.1 Å². The second-order valence-corrected chi connectivity index (χ2v) is 7.98. The number of anilines is 1. The molecule has 0 bridgehead atoms. The van der Waals surface area contributed by atoms with Crippen molar-refractivity contribution in [3.63, 3.8) is 0 Å². The summed E-state index contributed by atoms with van der Waals surface area (Å²) in [6.07, 6.45) is 2.81. The first-order chi connectivity index (χ1) is 17.4. The highest BCUT2D eigenvalue weighted by molar-refractivity contribution is 6.04. The maximum atomic E-state index is 15.0. The van der Waals surface area contributed by atoms with Crippen LogP contribution in [0.25, 0.3) is 0 Å². The van der Waals surface area contributed by atoms with Gasteiger partial charge in [0.25, 0.3) is 5.91 Å². The second kappa shape index (κ2) is 11.2. The number of carbonyl (C=O) groups is 3. The summed E-state index contributed by atoms with van der Waals surface area (Å²) in [4.78, 5) is 40.6. The van der Waals surface area contributed by atoms with E-state index in [4.69, 9.17) is 8.83 Å². The zero-order valence-electron chi connectivity index (χ0n) is 19.4. The third-order valence-corrected chi connectivity index (χ3v) is 5.42. The average Bonchev–Trinajstić information content (AvgIpc) is 3.59. The van der Waals surface area contributed by atoms with Crippen molar-refractivity contribution in [2.45, 2.75) is 19.5 Å². The third-order valence-electron chi connectivity index (χ3n) is 5.42. The molecule has 9 heteroatoms. The van der Waals surface area contributed by atoms with Gasteiger partial charge in [0.05, 0.1) is 25.6 Å². The van der Waals surface area contributed by atoms with Gasteiger partial charge in [-0.3, -0.25) is 19.3 Å². The second-order valence-electron chi connectivity index (χ2n) is 7.98. The first kappa shape index (κ1) is 24.5. The van der Waals surface area contributed by atoms with Crippen molar-refractivity contribution in [1.82, 2.24) is 10.6 Å². The molecule has 2 aromatic heterocycles. The highest BCUT2D eigenvalue weighted by atomic mass is 19.1. The Morgan fingerprint density at radius 3 is 2.39 bits per heavy atom. The minimum absolute atomic E-state index is 0.00154. The van der Waals surface area contributed by atoms with Gasteiger partial charge >= 0.3 is 0 Å². The Balaban J connectivity index is 1.69. The number of hydrogen-bond donors (Lipinski definition) is 2. The fourth-order valence-electron chi connectivity index (χ4n) is 3.73. The van der Waals surface area contributed by atoms with Gasteiger partial charge in [-0.1, -0.05) is 30.3 Å². The predicted molar refractivity (Wildman–Crippen MR) is 129 cm³/mol. The van der Waals surface area contributed by atoms with E-state index in [0.29, 0.717) is 11.4 Å². The zero-order chi connectivity index (χ0) is 25.5.